The molecule has 4 rings (SSSR count). The summed E-state index contributed by atoms with van der Waals surface area (Å²) < 4.78 is 0. The van der Waals surface area contributed by atoms with Crippen LogP contribution in [-0.4, -0.2) is 45.6 Å². The smallest absolute Gasteiger partial charge is 0.240 e. The van der Waals surface area contributed by atoms with Gasteiger partial charge in [0, 0.05) is 29.2 Å². The van der Waals surface area contributed by atoms with Crippen LogP contribution < -0.4 is 5.32 Å². The molecule has 2 aromatic rings. The summed E-state index contributed by atoms with van der Waals surface area (Å²) >= 11 is 1.64. The Morgan fingerprint density at radius 3 is 3.22 bits per heavy atom. The van der Waals surface area contributed by atoms with Crippen molar-refractivity contribution < 1.29 is 4.79 Å². The van der Waals surface area contributed by atoms with Gasteiger partial charge in [-0.05, 0) is 44.7 Å². The van der Waals surface area contributed by atoms with Gasteiger partial charge in [-0.25, -0.2) is 4.98 Å². The highest BCUT2D eigenvalue weighted by Crippen LogP contribution is 2.30. The number of carbonyl (C=O) groups is 1. The van der Waals surface area contributed by atoms with Crippen molar-refractivity contribution in [2.45, 2.75) is 38.0 Å². The minimum atomic E-state index is 0.0442. The first kappa shape index (κ1) is 14.8. The maximum Gasteiger partial charge on any atom is 0.240 e. The van der Waals surface area contributed by atoms with Gasteiger partial charge >= 0.3 is 0 Å². The number of fused-ring (bicyclic) bond motifs is 1. The fourth-order valence-electron chi connectivity index (χ4n) is 3.55. The number of hydrogen-bond acceptors (Lipinski definition) is 5. The molecule has 2 N–H and O–H groups in total. The van der Waals surface area contributed by atoms with Crippen LogP contribution in [0.25, 0.3) is 0 Å². The molecular weight excluding hydrogens is 310 g/mol. The Labute approximate surface area is 139 Å². The van der Waals surface area contributed by atoms with E-state index in [0.717, 1.165) is 43.9 Å². The van der Waals surface area contributed by atoms with Crippen molar-refractivity contribution in [3.8, 4) is 0 Å². The summed E-state index contributed by atoms with van der Waals surface area (Å²) in [6.07, 6.45) is 7.43. The van der Waals surface area contributed by atoms with Crippen molar-refractivity contribution in [3.63, 3.8) is 0 Å². The highest BCUT2D eigenvalue weighted by molar-refractivity contribution is 7.15. The molecule has 0 aromatic carbocycles. The molecule has 3 heterocycles. The molecule has 2 aliphatic rings. The molecule has 0 radical (unpaired) electrons. The van der Waals surface area contributed by atoms with Crippen LogP contribution in [0, 0.1) is 0 Å². The van der Waals surface area contributed by atoms with Crippen LogP contribution in [0.4, 0.5) is 5.13 Å². The first-order chi connectivity index (χ1) is 11.3. The summed E-state index contributed by atoms with van der Waals surface area (Å²) in [6, 6.07) is 2.03. The van der Waals surface area contributed by atoms with Gasteiger partial charge in [-0.3, -0.25) is 14.8 Å². The Morgan fingerprint density at radius 2 is 2.39 bits per heavy atom. The molecular formula is C16H21N5OS. The maximum absolute atomic E-state index is 12.3. The Balaban J connectivity index is 1.32. The molecule has 0 bridgehead atoms. The Hall–Kier alpha value is -1.73. The lowest BCUT2D eigenvalue weighted by molar-refractivity contribution is -0.117. The van der Waals surface area contributed by atoms with Crippen molar-refractivity contribution in [3.05, 3.63) is 28.5 Å². The number of aromatic nitrogens is 3. The third-order valence-corrected chi connectivity index (χ3v) is 5.75. The zero-order chi connectivity index (χ0) is 15.6. The molecule has 1 aliphatic heterocycles. The van der Waals surface area contributed by atoms with E-state index < -0.39 is 0 Å². The Bertz CT molecular complexity index is 659. The quantitative estimate of drug-likeness (QED) is 0.900. The summed E-state index contributed by atoms with van der Waals surface area (Å²) in [5.74, 6) is 0.491. The average Bonchev–Trinajstić information content (AvgIpc) is 3.24. The van der Waals surface area contributed by atoms with Gasteiger partial charge in [0.25, 0.3) is 0 Å². The first-order valence-corrected chi connectivity index (χ1v) is 9.09. The lowest BCUT2D eigenvalue weighted by Crippen LogP contribution is -2.39. The largest absolute Gasteiger partial charge is 0.301 e. The Kier molecular flexibility index (Phi) is 4.13. The van der Waals surface area contributed by atoms with Crippen LogP contribution in [0.3, 0.4) is 0 Å². The van der Waals surface area contributed by atoms with Crippen LogP contribution in [0.1, 0.15) is 41.4 Å². The number of amides is 1. The topological polar surface area (TPSA) is 73.9 Å². The second-order valence-corrected chi connectivity index (χ2v) is 7.46. The minimum Gasteiger partial charge on any atom is -0.301 e. The molecule has 2 aromatic heterocycles. The summed E-state index contributed by atoms with van der Waals surface area (Å²) in [7, 11) is 0. The summed E-state index contributed by atoms with van der Waals surface area (Å²) in [5.41, 5.74) is 2.36. The van der Waals surface area contributed by atoms with Crippen LogP contribution >= 0.6 is 11.3 Å². The predicted molar refractivity (Wildman–Crippen MR) is 89.8 cm³/mol. The SMILES string of the molecule is O=C(CN1CCC[C@H](c2ccn[nH]2)C1)Nc1nc2c(s1)CCC2. The van der Waals surface area contributed by atoms with Crippen LogP contribution in [0.5, 0.6) is 0 Å². The van der Waals surface area contributed by atoms with E-state index in [-0.39, 0.29) is 5.91 Å². The monoisotopic (exact) mass is 331 g/mol. The van der Waals surface area contributed by atoms with Crippen LogP contribution in [0.2, 0.25) is 0 Å². The molecule has 0 spiro atoms. The van der Waals surface area contributed by atoms with Gasteiger partial charge in [0.1, 0.15) is 0 Å². The fourth-order valence-corrected chi connectivity index (χ4v) is 4.62. The van der Waals surface area contributed by atoms with E-state index in [1.54, 1.807) is 17.5 Å². The molecule has 6 nitrogen and oxygen atoms in total. The average molecular weight is 331 g/mol. The number of thiazole rings is 1. The van der Waals surface area contributed by atoms with E-state index in [4.69, 9.17) is 0 Å². The third-order valence-electron chi connectivity index (χ3n) is 4.68. The van der Waals surface area contributed by atoms with E-state index in [9.17, 15) is 4.79 Å². The molecule has 23 heavy (non-hydrogen) atoms. The highest BCUT2D eigenvalue weighted by Gasteiger charge is 2.24. The first-order valence-electron chi connectivity index (χ1n) is 8.28. The van der Waals surface area contributed by atoms with E-state index in [1.807, 2.05) is 6.07 Å². The molecule has 0 saturated carbocycles. The molecule has 1 saturated heterocycles. The minimum absolute atomic E-state index is 0.0442. The van der Waals surface area contributed by atoms with Crippen LogP contribution in [0.15, 0.2) is 12.3 Å². The molecule has 0 unspecified atom stereocenters. The molecule has 1 fully saturated rings. The number of nitrogens with zero attached hydrogens (tertiary/aromatic N) is 3. The molecule has 7 heteroatoms. The number of rotatable bonds is 4. The summed E-state index contributed by atoms with van der Waals surface area (Å²) in [4.78, 5) is 20.4. The van der Waals surface area contributed by atoms with Gasteiger partial charge in [-0.2, -0.15) is 5.10 Å². The summed E-state index contributed by atoms with van der Waals surface area (Å²) in [5, 5.41) is 10.8. The van der Waals surface area contributed by atoms with E-state index >= 15 is 0 Å². The number of nitrogens with one attached hydrogen (secondary N) is 2. The predicted octanol–water partition coefficient (Wildman–Crippen LogP) is 2.17. The summed E-state index contributed by atoms with van der Waals surface area (Å²) in [6.45, 7) is 2.32. The van der Waals surface area contributed by atoms with Crippen molar-refractivity contribution >= 4 is 22.4 Å². The maximum atomic E-state index is 12.3. The normalized spacial score (nSPS) is 21.3. The number of piperidine rings is 1. The van der Waals surface area contributed by atoms with Gasteiger partial charge < -0.3 is 5.32 Å². The number of aryl methyl sites for hydroxylation is 2. The number of hydrogen-bond donors (Lipinski definition) is 2. The highest BCUT2D eigenvalue weighted by atomic mass is 32.1. The number of anilines is 1. The lowest BCUT2D eigenvalue weighted by atomic mass is 9.95. The number of aromatic amines is 1. The lowest BCUT2D eigenvalue weighted by Gasteiger charge is -2.31. The van der Waals surface area contributed by atoms with E-state index in [2.05, 4.69) is 25.4 Å². The molecule has 1 amide bonds. The standard InChI is InChI=1S/C16H21N5OS/c22-15(19-16-18-13-4-1-5-14(13)23-16)10-21-8-2-3-11(9-21)12-6-7-17-20-12/h6-7,11H,1-5,8-10H2,(H,17,20)(H,18,19,22)/t11-/m0/s1. The zero-order valence-electron chi connectivity index (χ0n) is 13.0. The van der Waals surface area contributed by atoms with Crippen molar-refractivity contribution in [2.75, 3.05) is 25.0 Å². The van der Waals surface area contributed by atoms with Crippen LogP contribution in [-0.2, 0) is 17.6 Å². The second kappa shape index (κ2) is 6.41. The van der Waals surface area contributed by atoms with E-state index in [0.29, 0.717) is 12.5 Å². The second-order valence-electron chi connectivity index (χ2n) is 6.38. The third kappa shape index (κ3) is 3.30. The zero-order valence-corrected chi connectivity index (χ0v) is 13.9. The van der Waals surface area contributed by atoms with Crippen molar-refractivity contribution in [1.29, 1.82) is 0 Å². The molecule has 1 atom stereocenters. The van der Waals surface area contributed by atoms with Gasteiger partial charge in [0.15, 0.2) is 5.13 Å². The van der Waals surface area contributed by atoms with Gasteiger partial charge in [0.2, 0.25) is 5.91 Å². The van der Waals surface area contributed by atoms with Crippen molar-refractivity contribution in [2.24, 2.45) is 0 Å². The number of likely N-dealkylation sites (tertiary alicyclic amines) is 1. The Morgan fingerprint density at radius 1 is 1.43 bits per heavy atom. The molecule has 1 aliphatic carbocycles. The fraction of sp³-hybridized carbons (Fsp3) is 0.562. The van der Waals surface area contributed by atoms with Crippen molar-refractivity contribution in [1.82, 2.24) is 20.1 Å². The van der Waals surface area contributed by atoms with Gasteiger partial charge in [0.05, 0.1) is 12.2 Å². The number of H-pyrrole nitrogens is 1. The molecule has 122 valence electrons. The van der Waals surface area contributed by atoms with Gasteiger partial charge in [-0.1, -0.05) is 0 Å². The van der Waals surface area contributed by atoms with E-state index in [1.165, 1.54) is 22.7 Å². The number of carbonyl (C=O) groups excluding carboxylic acids is 1. The van der Waals surface area contributed by atoms with Gasteiger partial charge in [-0.15, -0.1) is 11.3 Å².